The van der Waals surface area contributed by atoms with E-state index >= 15 is 0 Å². The molecule has 1 heterocycles. The SMILES string of the molecule is CCC(CC)CC[NH2+]CC(=O)c1ccncc1.O=C(O)C(Nc1ccccc1)c1ccccc1. The Hall–Kier alpha value is -3.51. The summed E-state index contributed by atoms with van der Waals surface area (Å²) in [4.78, 5) is 26.9. The number of carbonyl (C=O) groups excluding carboxylic acids is 1. The molecule has 0 aliphatic rings. The molecule has 180 valence electrons. The van der Waals surface area contributed by atoms with Crippen molar-refractivity contribution in [2.75, 3.05) is 18.4 Å². The van der Waals surface area contributed by atoms with Crippen molar-refractivity contribution in [3.05, 3.63) is 96.3 Å². The van der Waals surface area contributed by atoms with Gasteiger partial charge < -0.3 is 15.7 Å². The number of aromatic nitrogens is 1. The lowest BCUT2D eigenvalue weighted by Gasteiger charge is -2.15. The number of quaternary nitrogens is 1. The number of nitrogens with two attached hydrogens (primary N) is 1. The van der Waals surface area contributed by atoms with E-state index in [2.05, 4.69) is 29.5 Å². The first-order chi connectivity index (χ1) is 16.5. The minimum atomic E-state index is -0.889. The maximum absolute atomic E-state index is 11.8. The zero-order valence-corrected chi connectivity index (χ0v) is 20.1. The van der Waals surface area contributed by atoms with E-state index in [1.54, 1.807) is 36.7 Å². The van der Waals surface area contributed by atoms with Crippen molar-refractivity contribution in [1.29, 1.82) is 0 Å². The van der Waals surface area contributed by atoms with Gasteiger partial charge in [-0.05, 0) is 42.2 Å². The Morgan fingerprint density at radius 3 is 2.06 bits per heavy atom. The van der Waals surface area contributed by atoms with Crippen LogP contribution in [0.2, 0.25) is 0 Å². The van der Waals surface area contributed by atoms with Crippen LogP contribution in [0.4, 0.5) is 5.69 Å². The smallest absolute Gasteiger partial charge is 0.330 e. The van der Waals surface area contributed by atoms with Gasteiger partial charge >= 0.3 is 5.97 Å². The van der Waals surface area contributed by atoms with Gasteiger partial charge in [0.15, 0.2) is 6.04 Å². The summed E-state index contributed by atoms with van der Waals surface area (Å²) in [6.45, 7) is 6.06. The van der Waals surface area contributed by atoms with E-state index in [0.29, 0.717) is 6.54 Å². The van der Waals surface area contributed by atoms with Crippen molar-refractivity contribution in [2.45, 2.75) is 39.2 Å². The van der Waals surface area contributed by atoms with Gasteiger partial charge in [-0.1, -0.05) is 75.2 Å². The summed E-state index contributed by atoms with van der Waals surface area (Å²) in [5, 5.41) is 14.3. The molecule has 34 heavy (non-hydrogen) atoms. The van der Waals surface area contributed by atoms with Crippen LogP contribution < -0.4 is 10.6 Å². The van der Waals surface area contributed by atoms with Crippen molar-refractivity contribution in [3.8, 4) is 0 Å². The van der Waals surface area contributed by atoms with E-state index in [-0.39, 0.29) is 5.78 Å². The van der Waals surface area contributed by atoms with Gasteiger partial charge in [0.2, 0.25) is 5.78 Å². The molecule has 4 N–H and O–H groups in total. The number of aliphatic carboxylic acids is 1. The normalized spacial score (nSPS) is 11.3. The number of carbonyl (C=O) groups is 2. The largest absolute Gasteiger partial charge is 0.479 e. The fourth-order valence-electron chi connectivity index (χ4n) is 3.57. The van der Waals surface area contributed by atoms with Crippen molar-refractivity contribution in [3.63, 3.8) is 0 Å². The maximum atomic E-state index is 11.8. The number of hydrogen-bond donors (Lipinski definition) is 3. The van der Waals surface area contributed by atoms with Crippen molar-refractivity contribution in [1.82, 2.24) is 4.98 Å². The van der Waals surface area contributed by atoms with Crippen LogP contribution in [-0.4, -0.2) is 34.9 Å². The average Bonchev–Trinajstić information content (AvgIpc) is 2.89. The number of para-hydroxylation sites is 1. The van der Waals surface area contributed by atoms with Gasteiger partial charge in [-0.3, -0.25) is 9.78 Å². The molecule has 1 atom stereocenters. The Balaban J connectivity index is 0.000000240. The lowest BCUT2D eigenvalue weighted by atomic mass is 10.00. The van der Waals surface area contributed by atoms with Gasteiger partial charge in [-0.25, -0.2) is 4.79 Å². The first-order valence-corrected chi connectivity index (χ1v) is 11.9. The quantitative estimate of drug-likeness (QED) is 0.270. The number of pyridine rings is 1. The van der Waals surface area contributed by atoms with Gasteiger partial charge in [-0.15, -0.1) is 0 Å². The summed E-state index contributed by atoms with van der Waals surface area (Å²) in [6.07, 6.45) is 7.01. The molecule has 0 radical (unpaired) electrons. The summed E-state index contributed by atoms with van der Waals surface area (Å²) in [5.74, 6) is 0.110. The molecule has 6 heteroatoms. The monoisotopic (exact) mass is 462 g/mol. The first-order valence-electron chi connectivity index (χ1n) is 11.9. The van der Waals surface area contributed by atoms with E-state index in [0.717, 1.165) is 29.3 Å². The van der Waals surface area contributed by atoms with Crippen LogP contribution in [0.5, 0.6) is 0 Å². The molecule has 0 bridgehead atoms. The van der Waals surface area contributed by atoms with Crippen LogP contribution in [0.25, 0.3) is 0 Å². The summed E-state index contributed by atoms with van der Waals surface area (Å²) in [7, 11) is 0. The van der Waals surface area contributed by atoms with E-state index in [1.165, 1.54) is 19.3 Å². The number of anilines is 1. The van der Waals surface area contributed by atoms with Gasteiger partial charge in [0, 0.05) is 23.6 Å². The second kappa shape index (κ2) is 15.3. The molecule has 0 aliphatic carbocycles. The fraction of sp³-hybridized carbons (Fsp3) is 0.321. The van der Waals surface area contributed by atoms with Gasteiger partial charge in [0.05, 0.1) is 6.54 Å². The number of benzene rings is 2. The van der Waals surface area contributed by atoms with Crippen molar-refractivity contribution in [2.24, 2.45) is 5.92 Å². The van der Waals surface area contributed by atoms with Crippen LogP contribution >= 0.6 is 0 Å². The minimum Gasteiger partial charge on any atom is -0.479 e. The number of nitrogens with one attached hydrogen (secondary N) is 1. The number of ketones is 1. The van der Waals surface area contributed by atoms with E-state index in [4.69, 9.17) is 0 Å². The number of hydrogen-bond acceptors (Lipinski definition) is 4. The molecule has 6 nitrogen and oxygen atoms in total. The Kier molecular flexibility index (Phi) is 12.1. The molecule has 0 aliphatic heterocycles. The number of carboxylic acids is 1. The molecule has 0 saturated carbocycles. The van der Waals surface area contributed by atoms with Crippen molar-refractivity contribution >= 4 is 17.4 Å². The van der Waals surface area contributed by atoms with E-state index in [1.807, 2.05) is 48.5 Å². The first kappa shape index (κ1) is 26.7. The van der Waals surface area contributed by atoms with Gasteiger partial charge in [0.25, 0.3) is 0 Å². The van der Waals surface area contributed by atoms with Crippen LogP contribution in [-0.2, 0) is 4.79 Å². The summed E-state index contributed by atoms with van der Waals surface area (Å²) < 4.78 is 0. The molecule has 0 saturated heterocycles. The Labute approximate surface area is 202 Å². The highest BCUT2D eigenvalue weighted by molar-refractivity contribution is 5.96. The molecule has 0 fully saturated rings. The lowest BCUT2D eigenvalue weighted by molar-refractivity contribution is -0.643. The minimum absolute atomic E-state index is 0.192. The highest BCUT2D eigenvalue weighted by Crippen LogP contribution is 2.19. The molecule has 3 rings (SSSR count). The number of Topliss-reactive ketones (excluding diaryl/α,β-unsaturated/α-hetero) is 1. The van der Waals surface area contributed by atoms with Crippen LogP contribution in [0.15, 0.2) is 85.2 Å². The van der Waals surface area contributed by atoms with E-state index in [9.17, 15) is 14.7 Å². The van der Waals surface area contributed by atoms with Crippen LogP contribution in [0.1, 0.15) is 55.1 Å². The standard InChI is InChI=1S/C14H22N2O.C14H13NO2/c1-3-12(4-2)5-8-16-11-14(17)13-6-9-15-10-7-13;16-14(17)13(11-7-3-1-4-8-11)15-12-9-5-2-6-10-12/h6-7,9-10,12,16H,3-5,8,11H2,1-2H3;1-10,13,15H,(H,16,17)/p+1. The second-order valence-electron chi connectivity index (χ2n) is 8.10. The zero-order chi connectivity index (χ0) is 24.6. The Morgan fingerprint density at radius 2 is 1.50 bits per heavy atom. The number of rotatable bonds is 12. The molecule has 1 unspecified atom stereocenters. The van der Waals surface area contributed by atoms with E-state index < -0.39 is 12.0 Å². The molecule has 3 aromatic rings. The Morgan fingerprint density at radius 1 is 0.912 bits per heavy atom. The summed E-state index contributed by atoms with van der Waals surface area (Å²) in [6, 6.07) is 21.3. The fourth-order valence-corrected chi connectivity index (χ4v) is 3.57. The predicted molar refractivity (Wildman–Crippen MR) is 136 cm³/mol. The Bertz CT molecular complexity index is 962. The van der Waals surface area contributed by atoms with Crippen molar-refractivity contribution < 1.29 is 20.0 Å². The molecular weight excluding hydrogens is 426 g/mol. The highest BCUT2D eigenvalue weighted by atomic mass is 16.4. The third-order valence-corrected chi connectivity index (χ3v) is 5.73. The average molecular weight is 463 g/mol. The maximum Gasteiger partial charge on any atom is 0.330 e. The predicted octanol–water partition coefficient (Wildman–Crippen LogP) is 4.58. The molecule has 2 aromatic carbocycles. The summed E-state index contributed by atoms with van der Waals surface area (Å²) >= 11 is 0. The van der Waals surface area contributed by atoms with Crippen LogP contribution in [0, 0.1) is 5.92 Å². The molecule has 0 amide bonds. The number of nitrogens with zero attached hydrogens (tertiary/aromatic N) is 1. The topological polar surface area (TPSA) is 95.9 Å². The van der Waals surface area contributed by atoms with Crippen LogP contribution in [0.3, 0.4) is 0 Å². The van der Waals surface area contributed by atoms with Gasteiger partial charge in [0.1, 0.15) is 6.54 Å². The highest BCUT2D eigenvalue weighted by Gasteiger charge is 2.18. The number of carboxylic acid groups (broad SMARTS) is 1. The molecule has 0 spiro atoms. The zero-order valence-electron chi connectivity index (χ0n) is 20.1. The third kappa shape index (κ3) is 9.55. The molecular formula is C28H36N3O3+. The lowest BCUT2D eigenvalue weighted by Crippen LogP contribution is -2.86. The third-order valence-electron chi connectivity index (χ3n) is 5.73. The second-order valence-corrected chi connectivity index (χ2v) is 8.10. The summed E-state index contributed by atoms with van der Waals surface area (Å²) in [5.41, 5.74) is 2.30. The molecule has 1 aromatic heterocycles. The van der Waals surface area contributed by atoms with Gasteiger partial charge in [-0.2, -0.15) is 0 Å².